The van der Waals surface area contributed by atoms with E-state index < -0.39 is 11.7 Å². The van der Waals surface area contributed by atoms with E-state index in [1.807, 2.05) is 13.8 Å². The highest BCUT2D eigenvalue weighted by atomic mass is 16.5. The van der Waals surface area contributed by atoms with Gasteiger partial charge < -0.3 is 4.74 Å². The maximum atomic E-state index is 9.52. The topological polar surface area (TPSA) is 21.9 Å². The lowest BCUT2D eigenvalue weighted by Crippen LogP contribution is -2.78. The van der Waals surface area contributed by atoms with E-state index in [1.165, 1.54) is 38.9 Å². The minimum absolute atomic E-state index is 0.106. The highest BCUT2D eigenvalue weighted by Crippen LogP contribution is 2.55. The number of nitrogens with zero attached hydrogens (tertiary/aromatic N) is 3. The Morgan fingerprint density at radius 3 is 2.00 bits per heavy atom. The smallest absolute Gasteiger partial charge is 0.392 e. The van der Waals surface area contributed by atoms with Crippen LogP contribution in [0, 0.1) is 6.92 Å². The van der Waals surface area contributed by atoms with Gasteiger partial charge in [0.1, 0.15) is 22.6 Å². The number of aromatic nitrogens is 3. The van der Waals surface area contributed by atoms with Crippen LogP contribution in [-0.4, -0.2) is 4.57 Å². The number of benzene rings is 7. The zero-order chi connectivity index (χ0) is 42.3. The van der Waals surface area contributed by atoms with Crippen LogP contribution in [0.4, 0.5) is 0 Å². The Morgan fingerprint density at radius 2 is 1.28 bits per heavy atom. The van der Waals surface area contributed by atoms with Crippen molar-refractivity contribution in [1.82, 2.24) is 4.57 Å². The van der Waals surface area contributed by atoms with E-state index in [1.54, 1.807) is 0 Å². The lowest BCUT2D eigenvalue weighted by Gasteiger charge is -2.33. The Kier molecular flexibility index (Phi) is 7.26. The van der Waals surface area contributed by atoms with Gasteiger partial charge in [-0.25, -0.2) is 0 Å². The quantitative estimate of drug-likeness (QED) is 0.159. The van der Waals surface area contributed by atoms with Crippen molar-refractivity contribution in [1.29, 1.82) is 0 Å². The third-order valence-corrected chi connectivity index (χ3v) is 13.2. The van der Waals surface area contributed by atoms with Gasteiger partial charge in [-0.1, -0.05) is 143 Å². The van der Waals surface area contributed by atoms with Crippen LogP contribution in [0.15, 0.2) is 170 Å². The normalized spacial score (nSPS) is 15.8. The number of hydrogen-bond donors (Lipinski definition) is 0. The number of ether oxygens (including phenoxy) is 1. The second kappa shape index (κ2) is 12.7. The summed E-state index contributed by atoms with van der Waals surface area (Å²) in [6.07, 6.45) is 2.25. The van der Waals surface area contributed by atoms with Crippen molar-refractivity contribution < 1.29 is 15.2 Å². The molecule has 0 N–H and O–H groups in total. The Balaban J connectivity index is 1.26. The van der Waals surface area contributed by atoms with Crippen LogP contribution in [0.1, 0.15) is 64.1 Å². The van der Waals surface area contributed by atoms with Gasteiger partial charge in [0.2, 0.25) is 5.69 Å². The molecule has 0 saturated carbocycles. The molecule has 0 aliphatic carbocycles. The fourth-order valence-electron chi connectivity index (χ4n) is 10.3. The SMILES string of the molecule is [2H]C(C)(C)c1cc(-c2ccccc2)c(-n2c3[n+]4c5c(cccc52)-c2cc(C(C)(C)C)cc5c2C4(Oc2ccccc2-3)[n+]2ccc(-c3ccc(C)cc3)cc2-5)cc1-c1ccccc1. The molecule has 12 rings (SSSR count). The van der Waals surface area contributed by atoms with Crippen LogP contribution < -0.4 is 13.9 Å². The van der Waals surface area contributed by atoms with E-state index in [0.717, 1.165) is 72.9 Å². The molecular formula is C57H47N3O+2. The van der Waals surface area contributed by atoms with Crippen LogP contribution in [-0.2, 0) is 11.3 Å². The van der Waals surface area contributed by atoms with E-state index in [4.69, 9.17) is 4.74 Å². The molecule has 0 fully saturated rings. The highest BCUT2D eigenvalue weighted by Gasteiger charge is 2.68. The van der Waals surface area contributed by atoms with Crippen molar-refractivity contribution in [2.75, 3.05) is 0 Å². The summed E-state index contributed by atoms with van der Waals surface area (Å²) in [6.45, 7) is 13.1. The predicted molar refractivity (Wildman–Crippen MR) is 247 cm³/mol. The molecule has 1 spiro atoms. The van der Waals surface area contributed by atoms with Gasteiger partial charge in [-0.2, -0.15) is 4.57 Å². The zero-order valence-corrected chi connectivity index (χ0v) is 35.4. The highest BCUT2D eigenvalue weighted by molar-refractivity contribution is 5.99. The number of para-hydroxylation sites is 2. The van der Waals surface area contributed by atoms with E-state index in [0.29, 0.717) is 0 Å². The number of pyridine rings is 1. The molecule has 0 radical (unpaired) electrons. The van der Waals surface area contributed by atoms with Crippen molar-refractivity contribution >= 4 is 11.0 Å². The molecule has 1 unspecified atom stereocenters. The zero-order valence-electron chi connectivity index (χ0n) is 36.4. The lowest BCUT2D eigenvalue weighted by atomic mass is 9.80. The molecule has 1 atom stereocenters. The summed E-state index contributed by atoms with van der Waals surface area (Å²) in [7, 11) is 0. The Labute approximate surface area is 359 Å². The first-order valence-electron chi connectivity index (χ1n) is 21.9. The van der Waals surface area contributed by atoms with E-state index >= 15 is 0 Å². The van der Waals surface area contributed by atoms with E-state index in [2.05, 4.69) is 211 Å². The minimum atomic E-state index is -1.07. The third-order valence-electron chi connectivity index (χ3n) is 13.2. The maximum absolute atomic E-state index is 9.52. The number of rotatable bonds is 5. The summed E-state index contributed by atoms with van der Waals surface area (Å²) in [5.41, 5.74) is 20.2. The number of fused-ring (bicyclic) bond motifs is 5. The first kappa shape index (κ1) is 34.8. The van der Waals surface area contributed by atoms with Crippen molar-refractivity contribution in [3.8, 4) is 78.6 Å². The average Bonchev–Trinajstić information content (AvgIpc) is 3.77. The molecule has 0 saturated heterocycles. The molecule has 61 heavy (non-hydrogen) atoms. The van der Waals surface area contributed by atoms with Crippen LogP contribution in [0.25, 0.3) is 83.9 Å². The summed E-state index contributed by atoms with van der Waals surface area (Å²) in [4.78, 5) is 0. The van der Waals surface area contributed by atoms with Gasteiger partial charge in [0.25, 0.3) is 0 Å². The fraction of sp³-hybridized carbons (Fsp3) is 0.158. The monoisotopic (exact) mass is 790 g/mol. The molecule has 294 valence electrons. The van der Waals surface area contributed by atoms with Crippen molar-refractivity contribution in [2.24, 2.45) is 0 Å². The van der Waals surface area contributed by atoms with Gasteiger partial charge >= 0.3 is 11.7 Å². The molecule has 4 heteroatoms. The minimum Gasteiger partial charge on any atom is -0.392 e. The summed E-state index contributed by atoms with van der Waals surface area (Å²) >= 11 is 0. The van der Waals surface area contributed by atoms with Crippen molar-refractivity contribution in [2.45, 2.75) is 58.7 Å². The standard InChI is InChI=1S/C57H47N3O/c1-35(2)44-33-46(39-18-11-8-12-19-39)51(34-45(44)38-16-9-7-10-17-38)59-49-22-15-21-42-47-31-41(56(4,5)6)32-48-50-30-40(37-26-24-36(3)25-27-37)28-29-58(50)57(53(47)48)60(54(42)49)55(59)43-20-13-14-23-52(43)61-57/h7-35H,1-6H3/q+2/i35D. The number of imidazole rings is 1. The largest absolute Gasteiger partial charge is 0.499 e. The molecule has 7 aromatic carbocycles. The molecule has 9 aromatic rings. The Bertz CT molecular complexity index is 3330. The van der Waals surface area contributed by atoms with Gasteiger partial charge in [-0.15, -0.1) is 9.13 Å². The molecule has 0 amide bonds. The van der Waals surface area contributed by atoms with Crippen LogP contribution in [0.2, 0.25) is 0 Å². The average molecular weight is 791 g/mol. The number of aryl methyl sites for hydroxylation is 1. The molecule has 4 nitrogen and oxygen atoms in total. The summed E-state index contributed by atoms with van der Waals surface area (Å²) in [5.74, 6) is -0.0659. The fourth-order valence-corrected chi connectivity index (χ4v) is 10.3. The molecule has 5 heterocycles. The number of hydrogen-bond acceptors (Lipinski definition) is 1. The van der Waals surface area contributed by atoms with Crippen LogP contribution in [0.3, 0.4) is 0 Å². The molecule has 3 aliphatic heterocycles. The lowest BCUT2D eigenvalue weighted by molar-refractivity contribution is -0.997. The third kappa shape index (κ3) is 4.99. The Hall–Kier alpha value is -7.04. The second-order valence-electron chi connectivity index (χ2n) is 18.3. The van der Waals surface area contributed by atoms with Gasteiger partial charge in [-0.05, 0) is 106 Å². The molecular weight excluding hydrogens is 743 g/mol. The maximum Gasteiger partial charge on any atom is 0.499 e. The molecule has 3 aliphatic rings. The van der Waals surface area contributed by atoms with Crippen LogP contribution >= 0.6 is 0 Å². The molecule has 0 bridgehead atoms. The first-order chi connectivity index (χ1) is 29.9. The summed E-state index contributed by atoms with van der Waals surface area (Å²) in [5, 5.41) is 0. The van der Waals surface area contributed by atoms with Gasteiger partial charge in [0.15, 0.2) is 17.2 Å². The summed E-state index contributed by atoms with van der Waals surface area (Å²) < 4.78 is 24.6. The van der Waals surface area contributed by atoms with E-state index in [9.17, 15) is 1.37 Å². The van der Waals surface area contributed by atoms with Crippen LogP contribution in [0.5, 0.6) is 5.75 Å². The molecule has 2 aromatic heterocycles. The second-order valence-corrected chi connectivity index (χ2v) is 18.3. The first-order valence-corrected chi connectivity index (χ1v) is 21.4. The summed E-state index contributed by atoms with van der Waals surface area (Å²) in [6, 6.07) is 59.6. The van der Waals surface area contributed by atoms with Gasteiger partial charge in [0, 0.05) is 30.2 Å². The van der Waals surface area contributed by atoms with E-state index in [-0.39, 0.29) is 5.41 Å². The van der Waals surface area contributed by atoms with Crippen molar-refractivity contribution in [3.63, 3.8) is 0 Å². The van der Waals surface area contributed by atoms with Gasteiger partial charge in [0.05, 0.1) is 5.56 Å². The van der Waals surface area contributed by atoms with Gasteiger partial charge in [-0.3, -0.25) is 0 Å². The van der Waals surface area contributed by atoms with Crippen molar-refractivity contribution in [3.05, 3.63) is 192 Å². The predicted octanol–water partition coefficient (Wildman–Crippen LogP) is 13.2. The Morgan fingerprint density at radius 1 is 0.607 bits per heavy atom.